The number of hydrogen-bond acceptors (Lipinski definition) is 5. The van der Waals surface area contributed by atoms with Crippen LogP contribution in [0.4, 0.5) is 0 Å². The van der Waals surface area contributed by atoms with Crippen molar-refractivity contribution in [1.29, 1.82) is 0 Å². The van der Waals surface area contributed by atoms with Crippen LogP contribution in [0.3, 0.4) is 0 Å². The zero-order valence-corrected chi connectivity index (χ0v) is 12.3. The first-order chi connectivity index (χ1) is 10.2. The van der Waals surface area contributed by atoms with Crippen LogP contribution in [0, 0.1) is 0 Å². The lowest BCUT2D eigenvalue weighted by molar-refractivity contribution is 0.0561. The van der Waals surface area contributed by atoms with Gasteiger partial charge >= 0.3 is 0 Å². The molecule has 7 nitrogen and oxygen atoms in total. The number of carbonyl (C=O) groups excluding carboxylic acids is 1. The van der Waals surface area contributed by atoms with E-state index in [1.165, 1.54) is 0 Å². The molecule has 2 aromatic heterocycles. The van der Waals surface area contributed by atoms with Crippen LogP contribution >= 0.6 is 0 Å². The van der Waals surface area contributed by atoms with E-state index in [0.717, 1.165) is 25.7 Å². The van der Waals surface area contributed by atoms with Gasteiger partial charge in [-0.05, 0) is 19.3 Å². The molecule has 3 heterocycles. The molecular formula is C14H19N5O2. The Morgan fingerprint density at radius 3 is 3.00 bits per heavy atom. The van der Waals surface area contributed by atoms with Crippen LogP contribution in [0.25, 0.3) is 0 Å². The van der Waals surface area contributed by atoms with E-state index in [9.17, 15) is 4.79 Å². The maximum absolute atomic E-state index is 12.7. The monoisotopic (exact) mass is 289 g/mol. The first-order valence-corrected chi connectivity index (χ1v) is 7.31. The van der Waals surface area contributed by atoms with E-state index in [1.807, 2.05) is 11.8 Å². The minimum atomic E-state index is -0.126. The number of nitrogens with zero attached hydrogens (tertiary/aromatic N) is 5. The number of aromatic nitrogens is 4. The first kappa shape index (κ1) is 13.8. The van der Waals surface area contributed by atoms with E-state index in [0.29, 0.717) is 23.8 Å². The van der Waals surface area contributed by atoms with Crippen molar-refractivity contribution in [1.82, 2.24) is 24.8 Å². The predicted octanol–water partition coefficient (Wildman–Crippen LogP) is 1.73. The highest BCUT2D eigenvalue weighted by atomic mass is 16.5. The fourth-order valence-corrected chi connectivity index (χ4v) is 2.68. The van der Waals surface area contributed by atoms with Gasteiger partial charge in [0.2, 0.25) is 5.89 Å². The molecule has 21 heavy (non-hydrogen) atoms. The van der Waals surface area contributed by atoms with Crippen LogP contribution in [0.2, 0.25) is 0 Å². The molecule has 112 valence electrons. The van der Waals surface area contributed by atoms with E-state index < -0.39 is 0 Å². The van der Waals surface area contributed by atoms with E-state index in [1.54, 1.807) is 24.1 Å². The van der Waals surface area contributed by atoms with E-state index in [4.69, 9.17) is 4.52 Å². The van der Waals surface area contributed by atoms with Gasteiger partial charge in [-0.25, -0.2) is 0 Å². The topological polar surface area (TPSA) is 77.0 Å². The molecule has 7 heteroatoms. The molecular weight excluding hydrogens is 270 g/mol. The summed E-state index contributed by atoms with van der Waals surface area (Å²) in [6.45, 7) is 2.69. The Balaban J connectivity index is 1.85. The summed E-state index contributed by atoms with van der Waals surface area (Å²) in [4.78, 5) is 18.9. The number of piperidine rings is 1. The van der Waals surface area contributed by atoms with Crippen molar-refractivity contribution in [3.63, 3.8) is 0 Å². The van der Waals surface area contributed by atoms with Crippen LogP contribution in [0.5, 0.6) is 0 Å². The molecule has 0 unspecified atom stereocenters. The van der Waals surface area contributed by atoms with Gasteiger partial charge in [-0.3, -0.25) is 9.48 Å². The summed E-state index contributed by atoms with van der Waals surface area (Å²) in [7, 11) is 1.80. The van der Waals surface area contributed by atoms with E-state index >= 15 is 0 Å². The van der Waals surface area contributed by atoms with Crippen molar-refractivity contribution < 1.29 is 9.32 Å². The highest BCUT2D eigenvalue weighted by molar-refractivity contribution is 5.94. The van der Waals surface area contributed by atoms with Crippen molar-refractivity contribution in [2.45, 2.75) is 38.6 Å². The number of carbonyl (C=O) groups is 1. The average molecular weight is 289 g/mol. The van der Waals surface area contributed by atoms with E-state index in [-0.39, 0.29) is 11.9 Å². The molecule has 0 aromatic carbocycles. The van der Waals surface area contributed by atoms with Crippen LogP contribution in [0.15, 0.2) is 16.9 Å². The first-order valence-electron chi connectivity index (χ1n) is 7.31. The van der Waals surface area contributed by atoms with E-state index in [2.05, 4.69) is 15.2 Å². The van der Waals surface area contributed by atoms with Gasteiger partial charge in [0, 0.05) is 26.2 Å². The zero-order chi connectivity index (χ0) is 14.8. The number of likely N-dealkylation sites (tertiary alicyclic amines) is 1. The lowest BCUT2D eigenvalue weighted by Gasteiger charge is -2.33. The number of rotatable bonds is 3. The smallest absolute Gasteiger partial charge is 0.257 e. The third-order valence-corrected chi connectivity index (χ3v) is 3.80. The normalized spacial score (nSPS) is 19.0. The molecule has 1 aliphatic heterocycles. The maximum Gasteiger partial charge on any atom is 0.257 e. The third kappa shape index (κ3) is 2.68. The molecule has 0 bridgehead atoms. The number of aryl methyl sites for hydroxylation is 2. The van der Waals surface area contributed by atoms with Gasteiger partial charge in [-0.2, -0.15) is 10.1 Å². The minimum absolute atomic E-state index is 0.0240. The second-order valence-corrected chi connectivity index (χ2v) is 5.32. The second-order valence-electron chi connectivity index (χ2n) is 5.32. The number of amides is 1. The molecule has 1 saturated heterocycles. The Morgan fingerprint density at radius 2 is 2.33 bits per heavy atom. The predicted molar refractivity (Wildman–Crippen MR) is 74.5 cm³/mol. The van der Waals surface area contributed by atoms with Crippen LogP contribution in [-0.2, 0) is 13.5 Å². The van der Waals surface area contributed by atoms with Crippen molar-refractivity contribution >= 4 is 5.91 Å². The summed E-state index contributed by atoms with van der Waals surface area (Å²) in [6, 6.07) is -0.126. The van der Waals surface area contributed by atoms with Crippen LogP contribution in [-0.4, -0.2) is 37.3 Å². The molecule has 0 aliphatic carbocycles. The summed E-state index contributed by atoms with van der Waals surface area (Å²) >= 11 is 0. The molecule has 0 N–H and O–H groups in total. The fraction of sp³-hybridized carbons (Fsp3) is 0.571. The lowest BCUT2D eigenvalue weighted by atomic mass is 10.0. The fourth-order valence-electron chi connectivity index (χ4n) is 2.68. The Hall–Kier alpha value is -2.18. The van der Waals surface area contributed by atoms with Gasteiger partial charge < -0.3 is 9.42 Å². The molecule has 0 saturated carbocycles. The van der Waals surface area contributed by atoms with Crippen molar-refractivity contribution in [2.75, 3.05) is 6.54 Å². The van der Waals surface area contributed by atoms with Gasteiger partial charge in [-0.1, -0.05) is 12.1 Å². The largest absolute Gasteiger partial charge is 0.337 e. The quantitative estimate of drug-likeness (QED) is 0.860. The maximum atomic E-state index is 12.7. The molecule has 0 radical (unpaired) electrons. The molecule has 2 aromatic rings. The summed E-state index contributed by atoms with van der Waals surface area (Å²) in [5.41, 5.74) is 0.597. The van der Waals surface area contributed by atoms with Gasteiger partial charge in [0.05, 0.1) is 11.8 Å². The standard InChI is InChI=1S/C14H19N5O2/c1-3-12-16-13(21-17-12)11-6-4-5-7-19(11)14(20)10-8-15-18(2)9-10/h8-9,11H,3-7H2,1-2H3/t11-/m1/s1. The molecule has 3 rings (SSSR count). The number of hydrogen-bond donors (Lipinski definition) is 0. The Labute approximate surface area is 122 Å². The summed E-state index contributed by atoms with van der Waals surface area (Å²) in [5.74, 6) is 1.21. The van der Waals surface area contributed by atoms with Crippen LogP contribution in [0.1, 0.15) is 54.3 Å². The molecule has 1 aliphatic rings. The van der Waals surface area contributed by atoms with Crippen molar-refractivity contribution in [3.05, 3.63) is 29.7 Å². The highest BCUT2D eigenvalue weighted by Gasteiger charge is 2.32. The van der Waals surface area contributed by atoms with Crippen molar-refractivity contribution in [3.8, 4) is 0 Å². The Bertz CT molecular complexity index is 633. The summed E-state index contributed by atoms with van der Waals surface area (Å²) in [5, 5.41) is 8.01. The van der Waals surface area contributed by atoms with Crippen molar-refractivity contribution in [2.24, 2.45) is 7.05 Å². The van der Waals surface area contributed by atoms with Gasteiger partial charge in [0.25, 0.3) is 5.91 Å². The lowest BCUT2D eigenvalue weighted by Crippen LogP contribution is -2.38. The molecule has 1 amide bonds. The summed E-state index contributed by atoms with van der Waals surface area (Å²) in [6.07, 6.45) is 6.98. The molecule has 0 spiro atoms. The highest BCUT2D eigenvalue weighted by Crippen LogP contribution is 2.31. The van der Waals surface area contributed by atoms with Gasteiger partial charge in [0.1, 0.15) is 6.04 Å². The zero-order valence-electron chi connectivity index (χ0n) is 12.3. The second kappa shape index (κ2) is 5.67. The Kier molecular flexibility index (Phi) is 3.72. The third-order valence-electron chi connectivity index (χ3n) is 3.80. The van der Waals surface area contributed by atoms with Gasteiger partial charge in [0.15, 0.2) is 5.82 Å². The average Bonchev–Trinajstić information content (AvgIpc) is 3.15. The van der Waals surface area contributed by atoms with Gasteiger partial charge in [-0.15, -0.1) is 0 Å². The Morgan fingerprint density at radius 1 is 1.48 bits per heavy atom. The molecule has 1 fully saturated rings. The summed E-state index contributed by atoms with van der Waals surface area (Å²) < 4.78 is 6.97. The van der Waals surface area contributed by atoms with Crippen LogP contribution < -0.4 is 0 Å². The minimum Gasteiger partial charge on any atom is -0.337 e. The molecule has 1 atom stereocenters. The SMILES string of the molecule is CCc1noc([C@H]2CCCCN2C(=O)c2cnn(C)c2)n1.